The molecule has 0 heterocycles. The van der Waals surface area contributed by atoms with Crippen LogP contribution in [0.15, 0.2) is 60.7 Å². The summed E-state index contributed by atoms with van der Waals surface area (Å²) >= 11 is 6.41. The SMILES string of the molecule is COc1cc(CNc2ccc(C)cc2)cc(Cl)c1OCC(=O)Nc1ccc(C)cc1. The number of carbonyl (C=O) groups is 1. The van der Waals surface area contributed by atoms with Gasteiger partial charge in [-0.1, -0.05) is 47.0 Å². The standard InChI is InChI=1S/C24H25ClN2O3/c1-16-4-8-19(9-5-16)26-14-18-12-21(25)24(22(13-18)29-3)30-15-23(28)27-20-10-6-17(2)7-11-20/h4-13,26H,14-15H2,1-3H3,(H,27,28). The van der Waals surface area contributed by atoms with E-state index in [0.717, 1.165) is 16.8 Å². The van der Waals surface area contributed by atoms with E-state index in [1.54, 1.807) is 13.2 Å². The number of methoxy groups -OCH3 is 1. The largest absolute Gasteiger partial charge is 0.493 e. The highest BCUT2D eigenvalue weighted by Gasteiger charge is 2.14. The highest BCUT2D eigenvalue weighted by atomic mass is 35.5. The van der Waals surface area contributed by atoms with Gasteiger partial charge in [-0.3, -0.25) is 4.79 Å². The summed E-state index contributed by atoms with van der Waals surface area (Å²) in [5, 5.41) is 6.53. The van der Waals surface area contributed by atoms with Crippen molar-refractivity contribution in [3.63, 3.8) is 0 Å². The molecule has 0 bridgehead atoms. The summed E-state index contributed by atoms with van der Waals surface area (Å²) in [6.07, 6.45) is 0. The van der Waals surface area contributed by atoms with Gasteiger partial charge in [-0.25, -0.2) is 0 Å². The lowest BCUT2D eigenvalue weighted by Crippen LogP contribution is -2.20. The van der Waals surface area contributed by atoms with Crippen LogP contribution in [0.25, 0.3) is 0 Å². The summed E-state index contributed by atoms with van der Waals surface area (Å²) in [6.45, 7) is 4.44. The van der Waals surface area contributed by atoms with Crippen molar-refractivity contribution in [1.29, 1.82) is 0 Å². The first kappa shape index (κ1) is 21.5. The molecule has 0 aliphatic rings. The Balaban J connectivity index is 1.62. The molecular formula is C24H25ClN2O3. The number of aryl methyl sites for hydroxylation is 2. The molecule has 3 rings (SSSR count). The Bertz CT molecular complexity index is 1000. The lowest BCUT2D eigenvalue weighted by molar-refractivity contribution is -0.118. The molecule has 0 saturated carbocycles. The number of benzene rings is 3. The number of hydrogen-bond acceptors (Lipinski definition) is 4. The number of anilines is 2. The van der Waals surface area contributed by atoms with Gasteiger partial charge in [0.25, 0.3) is 5.91 Å². The quantitative estimate of drug-likeness (QED) is 0.494. The zero-order valence-electron chi connectivity index (χ0n) is 17.3. The Labute approximate surface area is 182 Å². The van der Waals surface area contributed by atoms with Gasteiger partial charge in [-0.2, -0.15) is 0 Å². The molecule has 1 amide bonds. The predicted octanol–water partition coefficient (Wildman–Crippen LogP) is 5.60. The van der Waals surface area contributed by atoms with Gasteiger partial charge in [0.05, 0.1) is 12.1 Å². The molecule has 0 fully saturated rings. The minimum atomic E-state index is -0.276. The number of hydrogen-bond donors (Lipinski definition) is 2. The Kier molecular flexibility index (Phi) is 7.20. The Morgan fingerprint density at radius 1 is 0.933 bits per heavy atom. The smallest absolute Gasteiger partial charge is 0.262 e. The third kappa shape index (κ3) is 5.91. The summed E-state index contributed by atoms with van der Waals surface area (Å²) in [4.78, 5) is 12.2. The molecule has 2 N–H and O–H groups in total. The minimum Gasteiger partial charge on any atom is -0.493 e. The van der Waals surface area contributed by atoms with Crippen LogP contribution in [0, 0.1) is 13.8 Å². The van der Waals surface area contributed by atoms with Crippen LogP contribution in [0.3, 0.4) is 0 Å². The Hall–Kier alpha value is -3.18. The molecule has 5 nitrogen and oxygen atoms in total. The van der Waals surface area contributed by atoms with Crippen LogP contribution in [0.4, 0.5) is 11.4 Å². The van der Waals surface area contributed by atoms with Gasteiger partial charge in [0.1, 0.15) is 0 Å². The number of rotatable bonds is 8. The average molecular weight is 425 g/mol. The van der Waals surface area contributed by atoms with Crippen molar-refractivity contribution in [2.75, 3.05) is 24.4 Å². The highest BCUT2D eigenvalue weighted by molar-refractivity contribution is 6.32. The second-order valence-electron chi connectivity index (χ2n) is 7.03. The maximum Gasteiger partial charge on any atom is 0.262 e. The molecule has 3 aromatic rings. The van der Waals surface area contributed by atoms with Crippen molar-refractivity contribution >= 4 is 28.9 Å². The number of carbonyl (C=O) groups excluding carboxylic acids is 1. The lowest BCUT2D eigenvalue weighted by Gasteiger charge is -2.15. The summed E-state index contributed by atoms with van der Waals surface area (Å²) in [7, 11) is 1.54. The number of amides is 1. The maximum atomic E-state index is 12.2. The maximum absolute atomic E-state index is 12.2. The van der Waals surface area contributed by atoms with Gasteiger partial charge in [-0.15, -0.1) is 0 Å². The van der Waals surface area contributed by atoms with E-state index >= 15 is 0 Å². The van der Waals surface area contributed by atoms with Crippen molar-refractivity contribution in [2.45, 2.75) is 20.4 Å². The van der Waals surface area contributed by atoms with Crippen LogP contribution < -0.4 is 20.1 Å². The molecular weight excluding hydrogens is 400 g/mol. The van der Waals surface area contributed by atoms with Gasteiger partial charge >= 0.3 is 0 Å². The van der Waals surface area contributed by atoms with E-state index in [9.17, 15) is 4.79 Å². The van der Waals surface area contributed by atoms with Crippen LogP contribution in [0.5, 0.6) is 11.5 Å². The first-order valence-electron chi connectivity index (χ1n) is 9.61. The van der Waals surface area contributed by atoms with Gasteiger partial charge in [0.15, 0.2) is 18.1 Å². The number of halogens is 1. The van der Waals surface area contributed by atoms with E-state index in [1.165, 1.54) is 5.56 Å². The fraction of sp³-hybridized carbons (Fsp3) is 0.208. The molecule has 0 aliphatic carbocycles. The van der Waals surface area contributed by atoms with Crippen molar-refractivity contribution in [2.24, 2.45) is 0 Å². The van der Waals surface area contributed by atoms with E-state index in [0.29, 0.717) is 28.8 Å². The van der Waals surface area contributed by atoms with Crippen LogP contribution in [0.2, 0.25) is 5.02 Å². The highest BCUT2D eigenvalue weighted by Crippen LogP contribution is 2.36. The summed E-state index contributed by atoms with van der Waals surface area (Å²) in [6, 6.07) is 19.4. The zero-order chi connectivity index (χ0) is 21.5. The van der Waals surface area contributed by atoms with Gasteiger partial charge in [0.2, 0.25) is 0 Å². The fourth-order valence-electron chi connectivity index (χ4n) is 2.86. The van der Waals surface area contributed by atoms with Crippen LogP contribution in [0.1, 0.15) is 16.7 Å². The van der Waals surface area contributed by atoms with Gasteiger partial charge in [0, 0.05) is 17.9 Å². The van der Waals surface area contributed by atoms with E-state index in [4.69, 9.17) is 21.1 Å². The second-order valence-corrected chi connectivity index (χ2v) is 7.44. The molecule has 0 atom stereocenters. The van der Waals surface area contributed by atoms with E-state index in [2.05, 4.69) is 22.8 Å². The van der Waals surface area contributed by atoms with Crippen molar-refractivity contribution in [3.8, 4) is 11.5 Å². The molecule has 0 aliphatic heterocycles. The monoisotopic (exact) mass is 424 g/mol. The number of nitrogens with one attached hydrogen (secondary N) is 2. The van der Waals surface area contributed by atoms with Crippen LogP contribution in [-0.4, -0.2) is 19.6 Å². The van der Waals surface area contributed by atoms with Crippen LogP contribution in [-0.2, 0) is 11.3 Å². The molecule has 0 saturated heterocycles. The van der Waals surface area contributed by atoms with E-state index < -0.39 is 0 Å². The van der Waals surface area contributed by atoms with Crippen molar-refractivity contribution < 1.29 is 14.3 Å². The third-order valence-electron chi connectivity index (χ3n) is 4.52. The number of ether oxygens (including phenoxy) is 2. The second kappa shape index (κ2) is 10.0. The first-order chi connectivity index (χ1) is 14.4. The molecule has 0 spiro atoms. The summed E-state index contributed by atoms with van der Waals surface area (Å²) in [5.41, 5.74) is 5.00. The third-order valence-corrected chi connectivity index (χ3v) is 4.80. The Morgan fingerprint density at radius 2 is 1.53 bits per heavy atom. The molecule has 0 radical (unpaired) electrons. The van der Waals surface area contributed by atoms with E-state index in [1.807, 2.05) is 56.3 Å². The van der Waals surface area contributed by atoms with Crippen molar-refractivity contribution in [3.05, 3.63) is 82.4 Å². The van der Waals surface area contributed by atoms with Gasteiger partial charge in [-0.05, 0) is 55.8 Å². The molecule has 6 heteroatoms. The molecule has 0 unspecified atom stereocenters. The minimum absolute atomic E-state index is 0.176. The molecule has 0 aromatic heterocycles. The summed E-state index contributed by atoms with van der Waals surface area (Å²) in [5.74, 6) is 0.547. The lowest BCUT2D eigenvalue weighted by atomic mass is 10.2. The molecule has 30 heavy (non-hydrogen) atoms. The van der Waals surface area contributed by atoms with E-state index in [-0.39, 0.29) is 12.5 Å². The average Bonchev–Trinajstić information content (AvgIpc) is 2.74. The Morgan fingerprint density at radius 3 is 2.13 bits per heavy atom. The molecule has 3 aromatic carbocycles. The molecule has 156 valence electrons. The topological polar surface area (TPSA) is 59.6 Å². The fourth-order valence-corrected chi connectivity index (χ4v) is 3.15. The van der Waals surface area contributed by atoms with Crippen LogP contribution >= 0.6 is 11.6 Å². The normalized spacial score (nSPS) is 10.4. The zero-order valence-corrected chi connectivity index (χ0v) is 18.0. The predicted molar refractivity (Wildman–Crippen MR) is 122 cm³/mol. The summed E-state index contributed by atoms with van der Waals surface area (Å²) < 4.78 is 11.1. The van der Waals surface area contributed by atoms with Crippen molar-refractivity contribution in [1.82, 2.24) is 0 Å². The van der Waals surface area contributed by atoms with Gasteiger partial charge < -0.3 is 20.1 Å². The first-order valence-corrected chi connectivity index (χ1v) is 9.98.